The molecule has 4 heteroatoms. The number of rotatable bonds is 7. The van der Waals surface area contributed by atoms with E-state index in [1.54, 1.807) is 13.8 Å². The van der Waals surface area contributed by atoms with Crippen molar-refractivity contribution in [3.05, 3.63) is 35.9 Å². The van der Waals surface area contributed by atoms with Crippen LogP contribution in [0, 0.1) is 11.8 Å². The van der Waals surface area contributed by atoms with E-state index in [1.165, 1.54) is 0 Å². The van der Waals surface area contributed by atoms with Gasteiger partial charge in [0.25, 0.3) is 0 Å². The fraction of sp³-hybridized carbons (Fsp3) is 0.529. The Morgan fingerprint density at radius 3 is 1.95 bits per heavy atom. The second kappa shape index (κ2) is 8.45. The molecule has 0 aromatic heterocycles. The smallest absolute Gasteiger partial charge is 0.313 e. The molecule has 116 valence electrons. The highest BCUT2D eigenvalue weighted by atomic mass is 16.5. The van der Waals surface area contributed by atoms with Gasteiger partial charge in [0, 0.05) is 5.92 Å². The predicted octanol–water partition coefficient (Wildman–Crippen LogP) is 3.17. The number of esters is 2. The summed E-state index contributed by atoms with van der Waals surface area (Å²) in [7, 11) is 0. The molecule has 0 N–H and O–H groups in total. The Hall–Kier alpha value is -1.84. The lowest BCUT2D eigenvalue weighted by Gasteiger charge is -2.16. The molecule has 1 aromatic rings. The second-order valence-electron chi connectivity index (χ2n) is 5.65. The van der Waals surface area contributed by atoms with Gasteiger partial charge in [-0.3, -0.25) is 9.59 Å². The number of benzene rings is 1. The third kappa shape index (κ3) is 5.98. The third-order valence-electron chi connectivity index (χ3n) is 3.14. The number of carbonyl (C=O) groups excluding carboxylic acids is 2. The third-order valence-corrected chi connectivity index (χ3v) is 3.14. The van der Waals surface area contributed by atoms with E-state index in [2.05, 4.69) is 0 Å². The Balaban J connectivity index is 2.34. The maximum Gasteiger partial charge on any atom is 0.313 e. The van der Waals surface area contributed by atoms with Crippen molar-refractivity contribution < 1.29 is 19.1 Å². The van der Waals surface area contributed by atoms with E-state index in [1.807, 2.05) is 44.2 Å². The van der Waals surface area contributed by atoms with Crippen molar-refractivity contribution in [1.82, 2.24) is 0 Å². The first kappa shape index (κ1) is 17.2. The molecule has 0 aliphatic heterocycles. The van der Waals surface area contributed by atoms with Crippen molar-refractivity contribution in [2.24, 2.45) is 11.8 Å². The van der Waals surface area contributed by atoms with Gasteiger partial charge in [0.2, 0.25) is 0 Å². The van der Waals surface area contributed by atoms with Gasteiger partial charge in [0.15, 0.2) is 0 Å². The van der Waals surface area contributed by atoms with Gasteiger partial charge >= 0.3 is 11.9 Å². The molecule has 0 aliphatic carbocycles. The van der Waals surface area contributed by atoms with Crippen molar-refractivity contribution >= 4 is 11.9 Å². The summed E-state index contributed by atoms with van der Waals surface area (Å²) in [5.74, 6) is -0.942. The largest absolute Gasteiger partial charge is 0.465 e. The Morgan fingerprint density at radius 2 is 1.43 bits per heavy atom. The first-order chi connectivity index (χ1) is 9.91. The molecule has 0 amide bonds. The van der Waals surface area contributed by atoms with Crippen LogP contribution < -0.4 is 0 Å². The molecule has 1 aromatic carbocycles. The Kier molecular flexibility index (Phi) is 6.92. The number of carbonyl (C=O) groups is 2. The molecular weight excluding hydrogens is 268 g/mol. The van der Waals surface area contributed by atoms with Crippen LogP contribution in [0.5, 0.6) is 0 Å². The molecule has 0 saturated carbocycles. The topological polar surface area (TPSA) is 52.6 Å². The minimum atomic E-state index is -0.295. The van der Waals surface area contributed by atoms with Gasteiger partial charge in [-0.05, 0) is 12.5 Å². The summed E-state index contributed by atoms with van der Waals surface area (Å²) < 4.78 is 10.4. The van der Waals surface area contributed by atoms with Crippen molar-refractivity contribution in [2.45, 2.75) is 33.6 Å². The summed E-state index contributed by atoms with van der Waals surface area (Å²) in [6.45, 7) is 7.80. The zero-order chi connectivity index (χ0) is 15.8. The summed E-state index contributed by atoms with van der Waals surface area (Å²) >= 11 is 0. The first-order valence-corrected chi connectivity index (χ1v) is 7.30. The van der Waals surface area contributed by atoms with E-state index in [0.717, 1.165) is 5.56 Å². The Morgan fingerprint density at radius 1 is 0.905 bits per heavy atom. The highest BCUT2D eigenvalue weighted by Gasteiger charge is 2.18. The van der Waals surface area contributed by atoms with Gasteiger partial charge in [-0.1, -0.05) is 51.1 Å². The molecule has 4 nitrogen and oxygen atoms in total. The van der Waals surface area contributed by atoms with E-state index in [-0.39, 0.29) is 42.9 Å². The summed E-state index contributed by atoms with van der Waals surface area (Å²) in [5, 5.41) is 0. The van der Waals surface area contributed by atoms with E-state index in [9.17, 15) is 9.59 Å². The summed E-state index contributed by atoms with van der Waals surface area (Å²) in [6, 6.07) is 9.51. The fourth-order valence-corrected chi connectivity index (χ4v) is 1.67. The van der Waals surface area contributed by atoms with Crippen LogP contribution in [-0.2, 0) is 19.1 Å². The van der Waals surface area contributed by atoms with Gasteiger partial charge < -0.3 is 9.47 Å². The van der Waals surface area contributed by atoms with Crippen molar-refractivity contribution in [3.63, 3.8) is 0 Å². The van der Waals surface area contributed by atoms with Gasteiger partial charge in [0.05, 0.1) is 25.0 Å². The lowest BCUT2D eigenvalue weighted by atomic mass is 10.0. The lowest BCUT2D eigenvalue weighted by Crippen LogP contribution is -2.22. The van der Waals surface area contributed by atoms with Crippen LogP contribution in [0.2, 0.25) is 0 Å². The quantitative estimate of drug-likeness (QED) is 0.724. The van der Waals surface area contributed by atoms with Gasteiger partial charge in [0.1, 0.15) is 0 Å². The second-order valence-corrected chi connectivity index (χ2v) is 5.65. The molecule has 2 atom stereocenters. The highest BCUT2D eigenvalue weighted by Crippen LogP contribution is 2.16. The molecule has 0 spiro atoms. The average molecular weight is 292 g/mol. The van der Waals surface area contributed by atoms with E-state index in [4.69, 9.17) is 9.47 Å². The molecule has 0 fully saturated rings. The Bertz CT molecular complexity index is 453. The first-order valence-electron chi connectivity index (χ1n) is 7.30. The molecule has 0 aliphatic rings. The van der Waals surface area contributed by atoms with Crippen molar-refractivity contribution in [1.29, 1.82) is 0 Å². The molecule has 0 heterocycles. The van der Waals surface area contributed by atoms with Crippen LogP contribution in [0.25, 0.3) is 0 Å². The maximum absolute atomic E-state index is 12.0. The molecule has 0 saturated heterocycles. The van der Waals surface area contributed by atoms with Crippen LogP contribution >= 0.6 is 0 Å². The molecule has 2 unspecified atom stereocenters. The zero-order valence-electron chi connectivity index (χ0n) is 13.2. The molecule has 0 bridgehead atoms. The van der Waals surface area contributed by atoms with Crippen molar-refractivity contribution in [2.75, 3.05) is 13.2 Å². The lowest BCUT2D eigenvalue weighted by molar-refractivity contribution is -0.151. The molecule has 0 radical (unpaired) electrons. The minimum Gasteiger partial charge on any atom is -0.465 e. The number of hydrogen-bond acceptors (Lipinski definition) is 4. The van der Waals surface area contributed by atoms with Crippen molar-refractivity contribution in [3.8, 4) is 0 Å². The SMILES string of the molecule is CC(COC(=O)C(C)C)COC(=O)C(C)c1ccccc1. The van der Waals surface area contributed by atoms with Crippen LogP contribution in [0.4, 0.5) is 0 Å². The normalized spacial score (nSPS) is 13.6. The summed E-state index contributed by atoms with van der Waals surface area (Å²) in [4.78, 5) is 23.3. The fourth-order valence-electron chi connectivity index (χ4n) is 1.67. The van der Waals surface area contributed by atoms with Gasteiger partial charge in [-0.2, -0.15) is 0 Å². The summed E-state index contributed by atoms with van der Waals surface area (Å²) in [6.07, 6.45) is 0. The van der Waals surface area contributed by atoms with Crippen LogP contribution in [0.15, 0.2) is 30.3 Å². The Labute approximate surface area is 126 Å². The number of hydrogen-bond donors (Lipinski definition) is 0. The number of ether oxygens (including phenoxy) is 2. The van der Waals surface area contributed by atoms with Gasteiger partial charge in [-0.25, -0.2) is 0 Å². The van der Waals surface area contributed by atoms with Crippen LogP contribution in [-0.4, -0.2) is 25.2 Å². The maximum atomic E-state index is 12.0. The average Bonchev–Trinajstić information content (AvgIpc) is 2.50. The highest BCUT2D eigenvalue weighted by molar-refractivity contribution is 5.77. The van der Waals surface area contributed by atoms with Crippen LogP contribution in [0.1, 0.15) is 39.2 Å². The minimum absolute atomic E-state index is 0.0142. The molecule has 1 rings (SSSR count). The molecular formula is C17H24O4. The standard InChI is InChI=1S/C17H24O4/c1-12(2)16(18)20-10-13(3)11-21-17(19)14(4)15-8-6-5-7-9-15/h5-9,12-14H,10-11H2,1-4H3. The zero-order valence-corrected chi connectivity index (χ0v) is 13.2. The van der Waals surface area contributed by atoms with E-state index < -0.39 is 0 Å². The monoisotopic (exact) mass is 292 g/mol. The predicted molar refractivity (Wildman–Crippen MR) is 80.8 cm³/mol. The van der Waals surface area contributed by atoms with E-state index >= 15 is 0 Å². The summed E-state index contributed by atoms with van der Waals surface area (Å²) in [5.41, 5.74) is 0.932. The molecule has 21 heavy (non-hydrogen) atoms. The van der Waals surface area contributed by atoms with E-state index in [0.29, 0.717) is 0 Å². The van der Waals surface area contributed by atoms with Crippen LogP contribution in [0.3, 0.4) is 0 Å². The van der Waals surface area contributed by atoms with Gasteiger partial charge in [-0.15, -0.1) is 0 Å².